The number of ether oxygens (including phenoxy) is 1. The van der Waals surface area contributed by atoms with Crippen LogP contribution in [0.25, 0.3) is 11.3 Å². The van der Waals surface area contributed by atoms with Gasteiger partial charge in [0.15, 0.2) is 11.5 Å². The summed E-state index contributed by atoms with van der Waals surface area (Å²) in [4.78, 5) is 8.15. The summed E-state index contributed by atoms with van der Waals surface area (Å²) >= 11 is 0. The molecule has 0 spiro atoms. The van der Waals surface area contributed by atoms with Crippen LogP contribution in [0.2, 0.25) is 0 Å². The van der Waals surface area contributed by atoms with Gasteiger partial charge in [-0.2, -0.15) is 10.4 Å². The van der Waals surface area contributed by atoms with E-state index in [1.807, 2.05) is 19.2 Å². The van der Waals surface area contributed by atoms with Gasteiger partial charge in [0.2, 0.25) is 0 Å². The van der Waals surface area contributed by atoms with Crippen molar-refractivity contribution in [2.24, 2.45) is 5.92 Å². The number of nitrogens with one attached hydrogen (secondary N) is 3. The molecule has 1 aliphatic carbocycles. The monoisotopic (exact) mass is 403 g/mol. The molecule has 8 nitrogen and oxygen atoms in total. The Morgan fingerprint density at radius 3 is 2.80 bits per heavy atom. The quantitative estimate of drug-likeness (QED) is 0.554. The summed E-state index contributed by atoms with van der Waals surface area (Å²) in [5.74, 6) is 2.67. The third kappa shape index (κ3) is 4.42. The summed E-state index contributed by atoms with van der Waals surface area (Å²) in [6, 6.07) is 10.9. The SMILES string of the molecule is CNC1CC[C@H](Cc2ccc(-c3cc(Nc4cnc(C#N)cn4)n[nH]3)c(OC)c2)C1. The highest BCUT2D eigenvalue weighted by atomic mass is 16.5. The maximum atomic E-state index is 8.81. The topological polar surface area (TPSA) is 112 Å². The average molecular weight is 403 g/mol. The molecule has 2 aromatic heterocycles. The standard InChI is InChI=1S/C22H25N7O/c1-24-16-5-3-14(8-16)7-15-4-6-18(20(9-15)30-2)19-10-21(29-28-19)27-22-13-25-17(11-23)12-26-22/h4,6,9-10,12-14,16,24H,3,5,7-8H2,1-2H3,(H2,26,27,28,29)/t14-,16?/m1/s1. The number of H-pyrrole nitrogens is 1. The number of aromatic amines is 1. The molecule has 0 bridgehead atoms. The second-order valence-electron chi connectivity index (χ2n) is 7.59. The van der Waals surface area contributed by atoms with Gasteiger partial charge in [-0.15, -0.1) is 0 Å². The Labute approximate surface area is 175 Å². The largest absolute Gasteiger partial charge is 0.496 e. The molecule has 0 aliphatic heterocycles. The van der Waals surface area contributed by atoms with Crippen LogP contribution in [0.4, 0.5) is 11.6 Å². The summed E-state index contributed by atoms with van der Waals surface area (Å²) in [5.41, 5.74) is 3.36. The summed E-state index contributed by atoms with van der Waals surface area (Å²) in [6.45, 7) is 0. The number of anilines is 2. The minimum Gasteiger partial charge on any atom is -0.496 e. The predicted molar refractivity (Wildman–Crippen MR) is 114 cm³/mol. The number of hydrogen-bond donors (Lipinski definition) is 3. The van der Waals surface area contributed by atoms with Crippen molar-refractivity contribution in [1.29, 1.82) is 5.26 Å². The minimum absolute atomic E-state index is 0.271. The number of nitrogens with zero attached hydrogens (tertiary/aromatic N) is 4. The van der Waals surface area contributed by atoms with E-state index in [-0.39, 0.29) is 5.69 Å². The molecular weight excluding hydrogens is 378 g/mol. The van der Waals surface area contributed by atoms with Crippen LogP contribution in [0.5, 0.6) is 5.75 Å². The Balaban J connectivity index is 1.47. The number of hydrogen-bond acceptors (Lipinski definition) is 7. The molecule has 8 heteroatoms. The zero-order valence-electron chi connectivity index (χ0n) is 17.1. The van der Waals surface area contributed by atoms with Gasteiger partial charge in [-0.05, 0) is 56.3 Å². The van der Waals surface area contributed by atoms with Gasteiger partial charge < -0.3 is 15.4 Å². The van der Waals surface area contributed by atoms with Crippen molar-refractivity contribution in [1.82, 2.24) is 25.5 Å². The van der Waals surface area contributed by atoms with E-state index in [9.17, 15) is 0 Å². The predicted octanol–water partition coefficient (Wildman–Crippen LogP) is 3.42. The van der Waals surface area contributed by atoms with Gasteiger partial charge in [-0.3, -0.25) is 5.10 Å². The van der Waals surface area contributed by atoms with Crippen LogP contribution in [0.1, 0.15) is 30.5 Å². The van der Waals surface area contributed by atoms with Crippen molar-refractivity contribution in [3.8, 4) is 23.1 Å². The molecule has 1 unspecified atom stereocenters. The normalized spacial score (nSPS) is 18.2. The van der Waals surface area contributed by atoms with E-state index >= 15 is 0 Å². The van der Waals surface area contributed by atoms with E-state index in [0.717, 1.165) is 29.3 Å². The van der Waals surface area contributed by atoms with E-state index in [4.69, 9.17) is 10.00 Å². The molecule has 0 amide bonds. The zero-order valence-corrected chi connectivity index (χ0v) is 17.1. The number of rotatable bonds is 7. The van der Waals surface area contributed by atoms with E-state index in [1.54, 1.807) is 7.11 Å². The highest BCUT2D eigenvalue weighted by Gasteiger charge is 2.23. The van der Waals surface area contributed by atoms with E-state index < -0.39 is 0 Å². The molecule has 1 saturated carbocycles. The van der Waals surface area contributed by atoms with Gasteiger partial charge in [0.25, 0.3) is 0 Å². The summed E-state index contributed by atoms with van der Waals surface area (Å²) in [7, 11) is 3.74. The van der Waals surface area contributed by atoms with Crippen molar-refractivity contribution in [2.45, 2.75) is 31.7 Å². The maximum absolute atomic E-state index is 8.81. The van der Waals surface area contributed by atoms with Crippen LogP contribution in [-0.2, 0) is 6.42 Å². The minimum atomic E-state index is 0.271. The summed E-state index contributed by atoms with van der Waals surface area (Å²) in [6.07, 6.45) is 7.74. The van der Waals surface area contributed by atoms with Crippen LogP contribution in [0.15, 0.2) is 36.7 Å². The van der Waals surface area contributed by atoms with Gasteiger partial charge in [0.1, 0.15) is 17.6 Å². The van der Waals surface area contributed by atoms with Gasteiger partial charge in [0, 0.05) is 17.7 Å². The van der Waals surface area contributed by atoms with Crippen LogP contribution in [-0.4, -0.2) is 40.4 Å². The fraction of sp³-hybridized carbons (Fsp3) is 0.364. The van der Waals surface area contributed by atoms with Crippen LogP contribution in [0.3, 0.4) is 0 Å². The molecule has 4 rings (SSSR count). The summed E-state index contributed by atoms with van der Waals surface area (Å²) in [5, 5.41) is 22.6. The van der Waals surface area contributed by atoms with E-state index in [1.165, 1.54) is 37.2 Å². The second-order valence-corrected chi connectivity index (χ2v) is 7.59. The molecule has 3 N–H and O–H groups in total. The number of methoxy groups -OCH3 is 1. The lowest BCUT2D eigenvalue weighted by Gasteiger charge is -2.13. The smallest absolute Gasteiger partial charge is 0.158 e. The van der Waals surface area contributed by atoms with Crippen LogP contribution >= 0.6 is 0 Å². The van der Waals surface area contributed by atoms with E-state index in [2.05, 4.69) is 49.0 Å². The first kappa shape index (κ1) is 19.9. The Kier molecular flexibility index (Phi) is 5.91. The fourth-order valence-electron chi connectivity index (χ4n) is 4.05. The number of benzene rings is 1. The fourth-order valence-corrected chi connectivity index (χ4v) is 4.05. The third-order valence-corrected chi connectivity index (χ3v) is 5.63. The van der Waals surface area contributed by atoms with Gasteiger partial charge in [0.05, 0.1) is 25.2 Å². The molecule has 154 valence electrons. The molecule has 2 atom stereocenters. The van der Waals surface area contributed by atoms with Gasteiger partial charge >= 0.3 is 0 Å². The summed E-state index contributed by atoms with van der Waals surface area (Å²) < 4.78 is 5.67. The lowest BCUT2D eigenvalue weighted by molar-refractivity contribution is 0.415. The first-order valence-electron chi connectivity index (χ1n) is 10.1. The van der Waals surface area contributed by atoms with Gasteiger partial charge in [-0.25, -0.2) is 9.97 Å². The second kappa shape index (κ2) is 8.93. The third-order valence-electron chi connectivity index (χ3n) is 5.63. The van der Waals surface area contributed by atoms with Crippen LogP contribution in [0, 0.1) is 17.2 Å². The molecule has 1 aliphatic rings. The zero-order chi connectivity index (χ0) is 20.9. The lowest BCUT2D eigenvalue weighted by Crippen LogP contribution is -2.21. The van der Waals surface area contributed by atoms with Gasteiger partial charge in [-0.1, -0.05) is 6.07 Å². The first-order chi connectivity index (χ1) is 14.7. The Morgan fingerprint density at radius 2 is 2.10 bits per heavy atom. The Bertz CT molecular complexity index is 1040. The maximum Gasteiger partial charge on any atom is 0.158 e. The molecule has 30 heavy (non-hydrogen) atoms. The molecule has 1 fully saturated rings. The van der Waals surface area contributed by atoms with E-state index in [0.29, 0.717) is 17.7 Å². The molecule has 0 radical (unpaired) electrons. The molecule has 0 saturated heterocycles. The highest BCUT2D eigenvalue weighted by Crippen LogP contribution is 2.34. The number of aromatic nitrogens is 4. The highest BCUT2D eigenvalue weighted by molar-refractivity contribution is 5.71. The first-order valence-corrected chi connectivity index (χ1v) is 10.1. The average Bonchev–Trinajstić information content (AvgIpc) is 3.43. The lowest BCUT2D eigenvalue weighted by atomic mass is 9.96. The molecule has 3 aromatic rings. The molecular formula is C22H25N7O. The molecule has 1 aromatic carbocycles. The van der Waals surface area contributed by atoms with Crippen molar-refractivity contribution in [2.75, 3.05) is 19.5 Å². The van der Waals surface area contributed by atoms with Crippen molar-refractivity contribution < 1.29 is 4.74 Å². The number of nitriles is 1. The molecule has 2 heterocycles. The van der Waals surface area contributed by atoms with Crippen molar-refractivity contribution >= 4 is 11.6 Å². The Hall–Kier alpha value is -3.44. The van der Waals surface area contributed by atoms with Crippen molar-refractivity contribution in [3.05, 3.63) is 47.9 Å². The van der Waals surface area contributed by atoms with Crippen LogP contribution < -0.4 is 15.4 Å². The Morgan fingerprint density at radius 1 is 1.20 bits per heavy atom. The van der Waals surface area contributed by atoms with Crippen molar-refractivity contribution in [3.63, 3.8) is 0 Å².